The lowest BCUT2D eigenvalue weighted by atomic mass is 10.2. The van der Waals surface area contributed by atoms with E-state index in [2.05, 4.69) is 9.98 Å². The number of thiocarbonyl (C=S) groups is 1. The SMILES string of the molecule is C/C(=N\C(=S)c1ccc(C)nc1)N(C)C. The molecule has 0 aliphatic heterocycles. The molecular weight excluding hydrogens is 206 g/mol. The van der Waals surface area contributed by atoms with Crippen molar-refractivity contribution < 1.29 is 0 Å². The lowest BCUT2D eigenvalue weighted by Gasteiger charge is -2.11. The van der Waals surface area contributed by atoms with Crippen LogP contribution in [0.5, 0.6) is 0 Å². The predicted octanol–water partition coefficient (Wildman–Crippen LogP) is 2.05. The Morgan fingerprint density at radius 3 is 2.53 bits per heavy atom. The van der Waals surface area contributed by atoms with Gasteiger partial charge < -0.3 is 4.90 Å². The standard InChI is InChI=1S/C11H15N3S/c1-8-5-6-10(7-12-8)11(15)13-9(2)14(3)4/h5-7H,1-4H3/b13-9+. The first-order chi connectivity index (χ1) is 7.00. The van der Waals surface area contributed by atoms with Gasteiger partial charge in [-0.25, -0.2) is 4.99 Å². The van der Waals surface area contributed by atoms with Crippen LogP contribution in [0.25, 0.3) is 0 Å². The van der Waals surface area contributed by atoms with Gasteiger partial charge in [-0.1, -0.05) is 12.2 Å². The van der Waals surface area contributed by atoms with E-state index in [9.17, 15) is 0 Å². The Morgan fingerprint density at radius 1 is 1.40 bits per heavy atom. The van der Waals surface area contributed by atoms with E-state index >= 15 is 0 Å². The fourth-order valence-electron chi connectivity index (χ4n) is 0.906. The fraction of sp³-hybridized carbons (Fsp3) is 0.364. The molecule has 3 nitrogen and oxygen atoms in total. The van der Waals surface area contributed by atoms with Gasteiger partial charge in [-0.15, -0.1) is 0 Å². The number of rotatable bonds is 1. The van der Waals surface area contributed by atoms with Crippen molar-refractivity contribution in [1.82, 2.24) is 9.88 Å². The molecule has 0 atom stereocenters. The number of aliphatic imine (C=N–C) groups is 1. The summed E-state index contributed by atoms with van der Waals surface area (Å²) in [6.07, 6.45) is 1.75. The second-order valence-electron chi connectivity index (χ2n) is 3.55. The molecule has 0 saturated carbocycles. The average Bonchev–Trinajstić information content (AvgIpc) is 2.18. The van der Waals surface area contributed by atoms with Crippen LogP contribution in [0.15, 0.2) is 23.3 Å². The first-order valence-corrected chi connectivity index (χ1v) is 5.11. The Morgan fingerprint density at radius 2 is 2.07 bits per heavy atom. The molecule has 15 heavy (non-hydrogen) atoms. The number of aryl methyl sites for hydroxylation is 1. The maximum absolute atomic E-state index is 5.21. The summed E-state index contributed by atoms with van der Waals surface area (Å²) in [4.78, 5) is 11.0. The van der Waals surface area contributed by atoms with E-state index in [1.165, 1.54) is 0 Å². The molecule has 0 unspecified atom stereocenters. The van der Waals surface area contributed by atoms with Gasteiger partial charge in [0.05, 0.1) is 0 Å². The predicted molar refractivity (Wildman–Crippen MR) is 67.5 cm³/mol. The minimum absolute atomic E-state index is 0.578. The number of pyridine rings is 1. The molecule has 0 N–H and O–H groups in total. The molecule has 4 heteroatoms. The third kappa shape index (κ3) is 3.40. The molecule has 0 fully saturated rings. The molecule has 0 aliphatic rings. The minimum atomic E-state index is 0.578. The second-order valence-corrected chi connectivity index (χ2v) is 3.93. The highest BCUT2D eigenvalue weighted by Crippen LogP contribution is 2.03. The molecule has 0 aliphatic carbocycles. The van der Waals surface area contributed by atoms with Crippen molar-refractivity contribution >= 4 is 23.0 Å². The van der Waals surface area contributed by atoms with Crippen molar-refractivity contribution in [2.24, 2.45) is 4.99 Å². The molecule has 1 aromatic heterocycles. The van der Waals surface area contributed by atoms with Gasteiger partial charge in [-0.3, -0.25) is 4.98 Å². The summed E-state index contributed by atoms with van der Waals surface area (Å²) in [5.74, 6) is 0.889. The maximum atomic E-state index is 5.21. The smallest absolute Gasteiger partial charge is 0.136 e. The zero-order chi connectivity index (χ0) is 11.4. The van der Waals surface area contributed by atoms with Gasteiger partial charge in [0.25, 0.3) is 0 Å². The molecule has 0 aromatic carbocycles. The Hall–Kier alpha value is -1.29. The number of hydrogen-bond acceptors (Lipinski definition) is 2. The quantitative estimate of drug-likeness (QED) is 0.413. The highest BCUT2D eigenvalue weighted by molar-refractivity contribution is 7.80. The largest absolute Gasteiger partial charge is 0.366 e. The molecular formula is C11H15N3S. The number of nitrogens with zero attached hydrogens (tertiary/aromatic N) is 3. The van der Waals surface area contributed by atoms with Gasteiger partial charge in [0, 0.05) is 31.5 Å². The Kier molecular flexibility index (Phi) is 3.91. The summed E-state index contributed by atoms with van der Waals surface area (Å²) in [6.45, 7) is 3.87. The summed E-state index contributed by atoms with van der Waals surface area (Å²) in [5, 5.41) is 0. The lowest BCUT2D eigenvalue weighted by Crippen LogP contribution is -2.19. The summed E-state index contributed by atoms with van der Waals surface area (Å²) >= 11 is 5.21. The van der Waals surface area contributed by atoms with Gasteiger partial charge in [0.1, 0.15) is 10.8 Å². The average molecular weight is 221 g/mol. The van der Waals surface area contributed by atoms with E-state index in [4.69, 9.17) is 12.2 Å². The first kappa shape index (κ1) is 11.8. The molecule has 0 saturated heterocycles. The molecule has 1 aromatic rings. The second kappa shape index (κ2) is 4.98. The fourth-order valence-corrected chi connectivity index (χ4v) is 1.16. The van der Waals surface area contributed by atoms with Gasteiger partial charge in [0.2, 0.25) is 0 Å². The first-order valence-electron chi connectivity index (χ1n) is 4.70. The van der Waals surface area contributed by atoms with Crippen LogP contribution in [-0.2, 0) is 0 Å². The van der Waals surface area contributed by atoms with Gasteiger partial charge in [-0.05, 0) is 26.0 Å². The number of hydrogen-bond donors (Lipinski definition) is 0. The number of amidine groups is 1. The van der Waals surface area contributed by atoms with E-state index < -0.39 is 0 Å². The van der Waals surface area contributed by atoms with Crippen molar-refractivity contribution in [1.29, 1.82) is 0 Å². The highest BCUT2D eigenvalue weighted by atomic mass is 32.1. The minimum Gasteiger partial charge on any atom is -0.366 e. The van der Waals surface area contributed by atoms with Gasteiger partial charge in [-0.2, -0.15) is 0 Å². The van der Waals surface area contributed by atoms with Crippen molar-refractivity contribution in [3.63, 3.8) is 0 Å². The van der Waals surface area contributed by atoms with Crippen LogP contribution in [0.2, 0.25) is 0 Å². The summed E-state index contributed by atoms with van der Waals surface area (Å²) in [5.41, 5.74) is 1.87. The van der Waals surface area contributed by atoms with E-state index in [1.54, 1.807) is 6.20 Å². The van der Waals surface area contributed by atoms with E-state index in [-0.39, 0.29) is 0 Å². The van der Waals surface area contributed by atoms with Crippen LogP contribution in [0.4, 0.5) is 0 Å². The zero-order valence-corrected chi connectivity index (χ0v) is 10.3. The summed E-state index contributed by atoms with van der Waals surface area (Å²) < 4.78 is 0. The summed E-state index contributed by atoms with van der Waals surface area (Å²) in [7, 11) is 3.88. The summed E-state index contributed by atoms with van der Waals surface area (Å²) in [6, 6.07) is 3.87. The van der Waals surface area contributed by atoms with Crippen molar-refractivity contribution in [3.05, 3.63) is 29.6 Å². The van der Waals surface area contributed by atoms with E-state index in [0.29, 0.717) is 4.99 Å². The Labute approximate surface area is 95.9 Å². The van der Waals surface area contributed by atoms with Crippen LogP contribution in [0.1, 0.15) is 18.2 Å². The molecule has 1 heterocycles. The van der Waals surface area contributed by atoms with Crippen LogP contribution < -0.4 is 0 Å². The monoisotopic (exact) mass is 221 g/mol. The topological polar surface area (TPSA) is 28.5 Å². The van der Waals surface area contributed by atoms with Crippen molar-refractivity contribution in [2.75, 3.05) is 14.1 Å². The van der Waals surface area contributed by atoms with Crippen LogP contribution >= 0.6 is 12.2 Å². The highest BCUT2D eigenvalue weighted by Gasteiger charge is 2.01. The third-order valence-electron chi connectivity index (χ3n) is 2.07. The lowest BCUT2D eigenvalue weighted by molar-refractivity contribution is 0.620. The maximum Gasteiger partial charge on any atom is 0.136 e. The van der Waals surface area contributed by atoms with E-state index in [1.807, 2.05) is 45.0 Å². The molecule has 0 amide bonds. The normalized spacial score (nSPS) is 11.3. The Bertz CT molecular complexity index is 379. The van der Waals surface area contributed by atoms with Crippen molar-refractivity contribution in [2.45, 2.75) is 13.8 Å². The van der Waals surface area contributed by atoms with Crippen LogP contribution in [0, 0.1) is 6.92 Å². The van der Waals surface area contributed by atoms with Crippen molar-refractivity contribution in [3.8, 4) is 0 Å². The molecule has 80 valence electrons. The Balaban J connectivity index is 2.86. The van der Waals surface area contributed by atoms with E-state index in [0.717, 1.165) is 17.1 Å². The zero-order valence-electron chi connectivity index (χ0n) is 9.48. The third-order valence-corrected chi connectivity index (χ3v) is 2.40. The molecule has 1 rings (SSSR count). The van der Waals surface area contributed by atoms with Crippen LogP contribution in [-0.4, -0.2) is 34.8 Å². The van der Waals surface area contributed by atoms with Gasteiger partial charge in [0.15, 0.2) is 0 Å². The van der Waals surface area contributed by atoms with Crippen LogP contribution in [0.3, 0.4) is 0 Å². The number of aromatic nitrogens is 1. The molecule has 0 bridgehead atoms. The molecule has 0 radical (unpaired) electrons. The molecule has 0 spiro atoms. The van der Waals surface area contributed by atoms with Gasteiger partial charge >= 0.3 is 0 Å².